The number of urea groups is 1. The van der Waals surface area contributed by atoms with E-state index in [0.29, 0.717) is 23.5 Å². The average molecular weight is 271 g/mol. The van der Waals surface area contributed by atoms with Crippen LogP contribution in [0.15, 0.2) is 36.7 Å². The average Bonchev–Trinajstić information content (AvgIpc) is 2.83. The van der Waals surface area contributed by atoms with Gasteiger partial charge in [-0.3, -0.25) is 9.88 Å². The Labute approximate surface area is 116 Å². The molecule has 1 N–H and O–H groups in total. The lowest BCUT2D eigenvalue weighted by Gasteiger charge is -2.18. The highest BCUT2D eigenvalue weighted by molar-refractivity contribution is 6.03. The summed E-state index contributed by atoms with van der Waals surface area (Å²) < 4.78 is 13.7. The number of carbonyl (C=O) groups excluding carboxylic acids is 1. The molecule has 0 spiro atoms. The number of fused-ring (bicyclic) bond motifs is 1. The fourth-order valence-corrected chi connectivity index (χ4v) is 2.37. The quantitative estimate of drug-likeness (QED) is 0.866. The molecule has 0 unspecified atom stereocenters. The van der Waals surface area contributed by atoms with E-state index >= 15 is 0 Å². The van der Waals surface area contributed by atoms with Gasteiger partial charge >= 0.3 is 6.03 Å². The minimum absolute atomic E-state index is 0.264. The Morgan fingerprint density at radius 1 is 1.45 bits per heavy atom. The molecule has 0 aliphatic carbocycles. The molecule has 0 bridgehead atoms. The molecule has 0 radical (unpaired) electrons. The summed E-state index contributed by atoms with van der Waals surface area (Å²) in [6.07, 6.45) is 3.96. The van der Waals surface area contributed by atoms with E-state index in [-0.39, 0.29) is 11.8 Å². The number of halogens is 1. The van der Waals surface area contributed by atoms with Gasteiger partial charge in [-0.1, -0.05) is 6.07 Å². The van der Waals surface area contributed by atoms with Crippen molar-refractivity contribution in [2.45, 2.75) is 13.3 Å². The van der Waals surface area contributed by atoms with Gasteiger partial charge in [0.1, 0.15) is 5.82 Å². The Morgan fingerprint density at radius 2 is 2.30 bits per heavy atom. The van der Waals surface area contributed by atoms with Crippen molar-refractivity contribution in [1.29, 1.82) is 0 Å². The van der Waals surface area contributed by atoms with E-state index in [0.717, 1.165) is 12.0 Å². The number of hydrogen-bond acceptors (Lipinski definition) is 2. The van der Waals surface area contributed by atoms with Crippen LogP contribution in [-0.4, -0.2) is 17.6 Å². The molecule has 1 aromatic heterocycles. The van der Waals surface area contributed by atoms with E-state index in [4.69, 9.17) is 0 Å². The predicted molar refractivity (Wildman–Crippen MR) is 75.4 cm³/mol. The van der Waals surface area contributed by atoms with Gasteiger partial charge in [-0.2, -0.15) is 0 Å². The normalized spacial score (nSPS) is 13.2. The molecule has 0 fully saturated rings. The molecule has 0 atom stereocenters. The second kappa shape index (κ2) is 4.92. The Balaban J connectivity index is 1.84. The summed E-state index contributed by atoms with van der Waals surface area (Å²) in [5.74, 6) is -0.287. The Hall–Kier alpha value is -2.43. The van der Waals surface area contributed by atoms with Crippen LogP contribution in [0.25, 0.3) is 0 Å². The molecule has 0 saturated carbocycles. The molecule has 3 rings (SSSR count). The van der Waals surface area contributed by atoms with Gasteiger partial charge in [0.05, 0.1) is 17.6 Å². The lowest BCUT2D eigenvalue weighted by Crippen LogP contribution is -2.33. The first-order valence-electron chi connectivity index (χ1n) is 6.43. The Morgan fingerprint density at radius 3 is 3.05 bits per heavy atom. The van der Waals surface area contributed by atoms with Crippen LogP contribution in [0.2, 0.25) is 0 Å². The first-order chi connectivity index (χ1) is 9.65. The van der Waals surface area contributed by atoms with Crippen LogP contribution in [0, 0.1) is 12.7 Å². The molecule has 2 aromatic rings. The summed E-state index contributed by atoms with van der Waals surface area (Å²) >= 11 is 0. The molecule has 1 aromatic carbocycles. The number of nitrogens with one attached hydrogen (secondary N) is 1. The molecule has 20 heavy (non-hydrogen) atoms. The molecule has 2 heterocycles. The van der Waals surface area contributed by atoms with E-state index < -0.39 is 0 Å². The van der Waals surface area contributed by atoms with Gasteiger partial charge < -0.3 is 5.32 Å². The van der Waals surface area contributed by atoms with Crippen LogP contribution in [0.4, 0.5) is 20.6 Å². The molecule has 5 heteroatoms. The van der Waals surface area contributed by atoms with Gasteiger partial charge in [0.15, 0.2) is 0 Å². The number of carbonyl (C=O) groups is 1. The number of hydrogen-bond donors (Lipinski definition) is 1. The fourth-order valence-electron chi connectivity index (χ4n) is 2.37. The third-order valence-corrected chi connectivity index (χ3v) is 3.41. The highest BCUT2D eigenvalue weighted by Gasteiger charge is 2.25. The minimum Gasteiger partial charge on any atom is -0.306 e. The molecule has 2 amide bonds. The van der Waals surface area contributed by atoms with E-state index in [1.165, 1.54) is 6.07 Å². The van der Waals surface area contributed by atoms with Gasteiger partial charge in [0, 0.05) is 12.7 Å². The van der Waals surface area contributed by atoms with Crippen molar-refractivity contribution >= 4 is 17.4 Å². The van der Waals surface area contributed by atoms with Crippen LogP contribution >= 0.6 is 0 Å². The standard InChI is InChI=1S/C15H14FN3O/c1-10-7-11-4-6-19(14(11)8-13(10)16)15(20)18-12-3-2-5-17-9-12/h2-3,5,7-9H,4,6H2,1H3,(H,18,20). The van der Waals surface area contributed by atoms with Crippen molar-refractivity contribution in [3.8, 4) is 0 Å². The number of pyridine rings is 1. The minimum atomic E-state index is -0.287. The maximum absolute atomic E-state index is 13.7. The lowest BCUT2D eigenvalue weighted by molar-refractivity contribution is 0.257. The summed E-state index contributed by atoms with van der Waals surface area (Å²) in [5.41, 5.74) is 2.89. The maximum atomic E-state index is 13.7. The van der Waals surface area contributed by atoms with Gasteiger partial charge in [-0.15, -0.1) is 0 Å². The number of nitrogens with zero attached hydrogens (tertiary/aromatic N) is 2. The number of aromatic nitrogens is 1. The van der Waals surface area contributed by atoms with Crippen LogP contribution in [0.1, 0.15) is 11.1 Å². The van der Waals surface area contributed by atoms with Crippen molar-refractivity contribution in [1.82, 2.24) is 4.98 Å². The van der Waals surface area contributed by atoms with Crippen molar-refractivity contribution < 1.29 is 9.18 Å². The highest BCUT2D eigenvalue weighted by atomic mass is 19.1. The molecule has 1 aliphatic rings. The molecule has 0 saturated heterocycles. The fraction of sp³-hybridized carbons (Fsp3) is 0.200. The topological polar surface area (TPSA) is 45.2 Å². The molecular weight excluding hydrogens is 257 g/mol. The maximum Gasteiger partial charge on any atom is 0.326 e. The van der Waals surface area contributed by atoms with Crippen LogP contribution in [0.5, 0.6) is 0 Å². The number of anilines is 2. The largest absolute Gasteiger partial charge is 0.326 e. The lowest BCUT2D eigenvalue weighted by atomic mass is 10.1. The van der Waals surface area contributed by atoms with Crippen molar-refractivity contribution in [2.24, 2.45) is 0 Å². The van der Waals surface area contributed by atoms with Crippen LogP contribution in [-0.2, 0) is 6.42 Å². The number of rotatable bonds is 1. The summed E-state index contributed by atoms with van der Waals surface area (Å²) in [4.78, 5) is 17.7. The van der Waals surface area contributed by atoms with Gasteiger partial charge in [-0.05, 0) is 42.7 Å². The zero-order valence-electron chi connectivity index (χ0n) is 11.1. The van der Waals surface area contributed by atoms with Crippen molar-refractivity contribution in [3.05, 3.63) is 53.6 Å². The van der Waals surface area contributed by atoms with Crippen molar-refractivity contribution in [3.63, 3.8) is 0 Å². The van der Waals surface area contributed by atoms with E-state index in [1.807, 2.05) is 6.07 Å². The first kappa shape index (κ1) is 12.6. The second-order valence-corrected chi connectivity index (χ2v) is 4.80. The predicted octanol–water partition coefficient (Wildman–Crippen LogP) is 3.12. The second-order valence-electron chi connectivity index (χ2n) is 4.80. The zero-order valence-corrected chi connectivity index (χ0v) is 11.1. The van der Waals surface area contributed by atoms with E-state index in [1.54, 1.807) is 36.4 Å². The molecular formula is C15H14FN3O. The highest BCUT2D eigenvalue weighted by Crippen LogP contribution is 2.30. The molecule has 1 aliphatic heterocycles. The smallest absolute Gasteiger partial charge is 0.306 e. The van der Waals surface area contributed by atoms with Crippen molar-refractivity contribution in [2.75, 3.05) is 16.8 Å². The van der Waals surface area contributed by atoms with E-state index in [9.17, 15) is 9.18 Å². The van der Waals surface area contributed by atoms with Gasteiger partial charge in [0.2, 0.25) is 0 Å². The number of benzene rings is 1. The third kappa shape index (κ3) is 2.22. The monoisotopic (exact) mass is 271 g/mol. The van der Waals surface area contributed by atoms with Gasteiger partial charge in [0.25, 0.3) is 0 Å². The summed E-state index contributed by atoms with van der Waals surface area (Å²) in [7, 11) is 0. The Bertz CT molecular complexity index is 658. The Kier molecular flexibility index (Phi) is 3.10. The summed E-state index contributed by atoms with van der Waals surface area (Å²) in [6.45, 7) is 2.29. The molecule has 4 nitrogen and oxygen atoms in total. The SMILES string of the molecule is Cc1cc2c(cc1F)N(C(=O)Nc1cccnc1)CC2. The third-order valence-electron chi connectivity index (χ3n) is 3.41. The van der Waals surface area contributed by atoms with E-state index in [2.05, 4.69) is 10.3 Å². The summed E-state index contributed by atoms with van der Waals surface area (Å²) in [6, 6.07) is 6.48. The summed E-state index contributed by atoms with van der Waals surface area (Å²) in [5, 5.41) is 2.76. The number of amides is 2. The van der Waals surface area contributed by atoms with Gasteiger partial charge in [-0.25, -0.2) is 9.18 Å². The number of aryl methyl sites for hydroxylation is 1. The molecule has 102 valence electrons. The van der Waals surface area contributed by atoms with Crippen LogP contribution in [0.3, 0.4) is 0 Å². The zero-order chi connectivity index (χ0) is 14.1. The first-order valence-corrected chi connectivity index (χ1v) is 6.43. The van der Waals surface area contributed by atoms with Crippen LogP contribution < -0.4 is 10.2 Å².